The molecule has 84 valence electrons. The van der Waals surface area contributed by atoms with E-state index in [-0.39, 0.29) is 0 Å². The van der Waals surface area contributed by atoms with Crippen LogP contribution in [0.15, 0.2) is 22.7 Å². The molecule has 15 heavy (non-hydrogen) atoms. The molecule has 0 aliphatic rings. The minimum atomic E-state index is 0.437. The molecule has 0 bridgehead atoms. The lowest BCUT2D eigenvalue weighted by molar-refractivity contribution is 0.495. The van der Waals surface area contributed by atoms with Crippen LogP contribution in [0.2, 0.25) is 0 Å². The Morgan fingerprint density at radius 3 is 2.67 bits per heavy atom. The molecule has 0 aliphatic carbocycles. The Balaban J connectivity index is 2.75. The number of hydrogen-bond acceptors (Lipinski definition) is 2. The van der Waals surface area contributed by atoms with Gasteiger partial charge in [0.25, 0.3) is 0 Å². The predicted molar refractivity (Wildman–Crippen MR) is 71.1 cm³/mol. The minimum Gasteiger partial charge on any atom is -0.397 e. The monoisotopic (exact) mass is 270 g/mol. The lowest BCUT2D eigenvalue weighted by Gasteiger charge is -2.22. The summed E-state index contributed by atoms with van der Waals surface area (Å²) in [6.45, 7) is 6.63. The Labute approximate surface area is 100 Å². The van der Waals surface area contributed by atoms with E-state index in [1.54, 1.807) is 0 Å². The lowest BCUT2D eigenvalue weighted by Crippen LogP contribution is -2.23. The molecule has 3 N–H and O–H groups in total. The molecule has 0 aliphatic heterocycles. The molecule has 0 radical (unpaired) electrons. The molecule has 1 aromatic carbocycles. The molecular weight excluding hydrogens is 252 g/mol. The third-order valence-corrected chi connectivity index (χ3v) is 3.39. The van der Waals surface area contributed by atoms with Crippen molar-refractivity contribution in [2.24, 2.45) is 5.92 Å². The highest BCUT2D eigenvalue weighted by molar-refractivity contribution is 9.10. The number of nitrogens with one attached hydrogen (secondary N) is 1. The number of anilines is 2. The van der Waals surface area contributed by atoms with Crippen LogP contribution in [0.25, 0.3) is 0 Å². The zero-order valence-corrected chi connectivity index (χ0v) is 11.1. The van der Waals surface area contributed by atoms with Gasteiger partial charge in [-0.25, -0.2) is 0 Å². The van der Waals surface area contributed by atoms with E-state index in [2.05, 4.69) is 42.0 Å². The number of rotatable bonds is 4. The minimum absolute atomic E-state index is 0.437. The van der Waals surface area contributed by atoms with Crippen molar-refractivity contribution in [2.75, 3.05) is 11.1 Å². The fraction of sp³-hybridized carbons (Fsp3) is 0.500. The molecule has 2 atom stereocenters. The van der Waals surface area contributed by atoms with Crippen LogP contribution in [0.3, 0.4) is 0 Å². The van der Waals surface area contributed by atoms with Gasteiger partial charge in [0.05, 0.1) is 11.4 Å². The van der Waals surface area contributed by atoms with Gasteiger partial charge in [-0.15, -0.1) is 0 Å². The fourth-order valence-corrected chi connectivity index (χ4v) is 1.76. The van der Waals surface area contributed by atoms with Crippen LogP contribution >= 0.6 is 15.9 Å². The van der Waals surface area contributed by atoms with Crippen molar-refractivity contribution in [1.29, 1.82) is 0 Å². The largest absolute Gasteiger partial charge is 0.397 e. The van der Waals surface area contributed by atoms with Crippen LogP contribution in [0.4, 0.5) is 11.4 Å². The smallest absolute Gasteiger partial charge is 0.0587 e. The Kier molecular flexibility index (Phi) is 4.45. The zero-order chi connectivity index (χ0) is 11.4. The first-order valence-electron chi connectivity index (χ1n) is 5.36. The Morgan fingerprint density at radius 2 is 2.07 bits per heavy atom. The molecule has 2 unspecified atom stereocenters. The second-order valence-electron chi connectivity index (χ2n) is 4.05. The molecule has 1 rings (SSSR count). The summed E-state index contributed by atoms with van der Waals surface area (Å²) in [7, 11) is 0. The standard InChI is InChI=1S/C12H19BrN2/c1-4-8(2)9(3)15-12-7-10(13)5-6-11(12)14/h5-9,15H,4,14H2,1-3H3. The average molecular weight is 271 g/mol. The van der Waals surface area contributed by atoms with Crippen LogP contribution in [-0.4, -0.2) is 6.04 Å². The van der Waals surface area contributed by atoms with Crippen molar-refractivity contribution in [3.63, 3.8) is 0 Å². The maximum absolute atomic E-state index is 5.90. The molecule has 0 spiro atoms. The highest BCUT2D eigenvalue weighted by Gasteiger charge is 2.11. The van der Waals surface area contributed by atoms with E-state index in [0.29, 0.717) is 12.0 Å². The van der Waals surface area contributed by atoms with E-state index in [1.807, 2.05) is 18.2 Å². The first-order valence-corrected chi connectivity index (χ1v) is 6.15. The van der Waals surface area contributed by atoms with Gasteiger partial charge in [0, 0.05) is 10.5 Å². The summed E-state index contributed by atoms with van der Waals surface area (Å²) in [6.07, 6.45) is 1.17. The van der Waals surface area contributed by atoms with E-state index >= 15 is 0 Å². The van der Waals surface area contributed by atoms with Gasteiger partial charge in [0.1, 0.15) is 0 Å². The SMILES string of the molecule is CCC(C)C(C)Nc1cc(Br)ccc1N. The third-order valence-electron chi connectivity index (χ3n) is 2.90. The van der Waals surface area contributed by atoms with Crippen LogP contribution in [0.5, 0.6) is 0 Å². The topological polar surface area (TPSA) is 38.0 Å². The van der Waals surface area contributed by atoms with E-state index in [1.165, 1.54) is 6.42 Å². The number of benzene rings is 1. The van der Waals surface area contributed by atoms with Gasteiger partial charge in [-0.3, -0.25) is 0 Å². The number of halogens is 1. The molecular formula is C12H19BrN2. The van der Waals surface area contributed by atoms with Crippen molar-refractivity contribution in [3.05, 3.63) is 22.7 Å². The van der Waals surface area contributed by atoms with Crippen molar-refractivity contribution in [1.82, 2.24) is 0 Å². The van der Waals surface area contributed by atoms with E-state index in [0.717, 1.165) is 15.8 Å². The molecule has 0 saturated carbocycles. The molecule has 0 amide bonds. The van der Waals surface area contributed by atoms with Crippen molar-refractivity contribution in [3.8, 4) is 0 Å². The fourth-order valence-electron chi connectivity index (χ4n) is 1.39. The highest BCUT2D eigenvalue weighted by Crippen LogP contribution is 2.25. The molecule has 0 fully saturated rings. The Hall–Kier alpha value is -0.700. The van der Waals surface area contributed by atoms with E-state index in [4.69, 9.17) is 5.73 Å². The van der Waals surface area contributed by atoms with Crippen molar-refractivity contribution >= 4 is 27.3 Å². The highest BCUT2D eigenvalue weighted by atomic mass is 79.9. The molecule has 1 aromatic rings. The Bertz CT molecular complexity index is 325. The summed E-state index contributed by atoms with van der Waals surface area (Å²) in [6, 6.07) is 6.32. The first kappa shape index (κ1) is 12.4. The molecule has 2 nitrogen and oxygen atoms in total. The van der Waals surface area contributed by atoms with Gasteiger partial charge in [0.15, 0.2) is 0 Å². The summed E-state index contributed by atoms with van der Waals surface area (Å²) < 4.78 is 1.05. The Morgan fingerprint density at radius 1 is 1.40 bits per heavy atom. The molecule has 3 heteroatoms. The first-order chi connectivity index (χ1) is 7.04. The normalized spacial score (nSPS) is 14.7. The number of hydrogen-bond donors (Lipinski definition) is 2. The summed E-state index contributed by atoms with van der Waals surface area (Å²) >= 11 is 3.44. The van der Waals surface area contributed by atoms with Gasteiger partial charge < -0.3 is 11.1 Å². The van der Waals surface area contributed by atoms with E-state index in [9.17, 15) is 0 Å². The maximum atomic E-state index is 5.90. The van der Waals surface area contributed by atoms with Crippen LogP contribution in [0.1, 0.15) is 27.2 Å². The van der Waals surface area contributed by atoms with E-state index < -0.39 is 0 Å². The van der Waals surface area contributed by atoms with Gasteiger partial charge in [-0.2, -0.15) is 0 Å². The van der Waals surface area contributed by atoms with Gasteiger partial charge in [0.2, 0.25) is 0 Å². The summed E-state index contributed by atoms with van der Waals surface area (Å²) in [5.41, 5.74) is 7.71. The molecule has 0 saturated heterocycles. The second-order valence-corrected chi connectivity index (χ2v) is 4.97. The third kappa shape index (κ3) is 3.42. The number of nitrogens with two attached hydrogens (primary N) is 1. The summed E-state index contributed by atoms with van der Waals surface area (Å²) in [4.78, 5) is 0. The van der Waals surface area contributed by atoms with Crippen LogP contribution < -0.4 is 11.1 Å². The summed E-state index contributed by atoms with van der Waals surface area (Å²) in [5.74, 6) is 0.642. The molecule has 0 heterocycles. The van der Waals surface area contributed by atoms with Crippen molar-refractivity contribution < 1.29 is 0 Å². The van der Waals surface area contributed by atoms with Gasteiger partial charge in [-0.1, -0.05) is 36.2 Å². The van der Waals surface area contributed by atoms with Crippen molar-refractivity contribution in [2.45, 2.75) is 33.2 Å². The van der Waals surface area contributed by atoms with Crippen LogP contribution in [-0.2, 0) is 0 Å². The lowest BCUT2D eigenvalue weighted by atomic mass is 10.0. The quantitative estimate of drug-likeness (QED) is 0.815. The van der Waals surface area contributed by atoms with Crippen LogP contribution in [0, 0.1) is 5.92 Å². The molecule has 0 aromatic heterocycles. The van der Waals surface area contributed by atoms with Gasteiger partial charge in [-0.05, 0) is 31.0 Å². The average Bonchev–Trinajstić information content (AvgIpc) is 2.22. The zero-order valence-electron chi connectivity index (χ0n) is 9.55. The number of nitrogen functional groups attached to an aromatic ring is 1. The second kappa shape index (κ2) is 5.40. The van der Waals surface area contributed by atoms with Gasteiger partial charge >= 0.3 is 0 Å². The summed E-state index contributed by atoms with van der Waals surface area (Å²) in [5, 5.41) is 3.45. The predicted octanol–water partition coefficient (Wildman–Crippen LogP) is 3.88. The maximum Gasteiger partial charge on any atom is 0.0587 e.